The minimum Gasteiger partial charge on any atom is -0.438 e. The summed E-state index contributed by atoms with van der Waals surface area (Å²) in [5.41, 5.74) is 5.20. The molecule has 0 spiro atoms. The largest absolute Gasteiger partial charge is 0.508 e. The molecule has 2 atom stereocenters. The summed E-state index contributed by atoms with van der Waals surface area (Å²) in [5, 5.41) is 0. The van der Waals surface area contributed by atoms with E-state index < -0.39 is 12.3 Å². The Balaban J connectivity index is -0.000000595. The Kier molecular flexibility index (Phi) is 23.5. The highest BCUT2D eigenvalue weighted by molar-refractivity contribution is 5.74. The van der Waals surface area contributed by atoms with E-state index in [2.05, 4.69) is 4.74 Å². The van der Waals surface area contributed by atoms with Gasteiger partial charge in [0.1, 0.15) is 6.10 Å². The van der Waals surface area contributed by atoms with Crippen LogP contribution in [-0.4, -0.2) is 25.3 Å². The molecule has 1 rings (SSSR count). The maximum Gasteiger partial charge on any atom is 0.508 e. The number of hydrogen-bond acceptors (Lipinski definition) is 4. The fraction of sp³-hybridized carbons (Fsp3) is 0.778. The zero-order valence-corrected chi connectivity index (χ0v) is 16.1. The molecule has 5 heteroatoms. The Morgan fingerprint density at radius 2 is 1.65 bits per heavy atom. The highest BCUT2D eigenvalue weighted by Gasteiger charge is 2.25. The Bertz CT molecular complexity index is 303. The van der Waals surface area contributed by atoms with Crippen molar-refractivity contribution in [3.63, 3.8) is 0 Å². The first kappa shape index (κ1) is 26.4. The highest BCUT2D eigenvalue weighted by Crippen LogP contribution is 2.24. The van der Waals surface area contributed by atoms with Crippen molar-refractivity contribution in [1.82, 2.24) is 0 Å². The van der Waals surface area contributed by atoms with Crippen LogP contribution in [0.15, 0.2) is 12.2 Å². The van der Waals surface area contributed by atoms with Gasteiger partial charge in [-0.15, -0.1) is 0 Å². The molecular formula is C18H37NO4. The molecule has 0 saturated carbocycles. The van der Waals surface area contributed by atoms with Gasteiger partial charge in [-0.3, -0.25) is 4.79 Å². The Morgan fingerprint density at radius 1 is 1.09 bits per heavy atom. The third-order valence-electron chi connectivity index (χ3n) is 2.85. The molecule has 0 aromatic carbocycles. The first-order chi connectivity index (χ1) is 11.1. The molecule has 0 fully saturated rings. The van der Waals surface area contributed by atoms with Crippen LogP contribution >= 0.6 is 0 Å². The second-order valence-electron chi connectivity index (χ2n) is 4.18. The van der Waals surface area contributed by atoms with Crippen LogP contribution in [0.4, 0.5) is 4.79 Å². The second-order valence-corrected chi connectivity index (χ2v) is 4.18. The summed E-state index contributed by atoms with van der Waals surface area (Å²) in [6, 6.07) is 0. The van der Waals surface area contributed by atoms with Crippen molar-refractivity contribution in [3.05, 3.63) is 12.2 Å². The smallest absolute Gasteiger partial charge is 0.438 e. The summed E-state index contributed by atoms with van der Waals surface area (Å²) in [4.78, 5) is 22.1. The molecule has 5 nitrogen and oxygen atoms in total. The lowest BCUT2D eigenvalue weighted by Crippen LogP contribution is -2.30. The van der Waals surface area contributed by atoms with Crippen LogP contribution < -0.4 is 5.73 Å². The lowest BCUT2D eigenvalue weighted by molar-refractivity contribution is -0.119. The van der Waals surface area contributed by atoms with Crippen LogP contribution in [-0.2, 0) is 14.3 Å². The van der Waals surface area contributed by atoms with Crippen molar-refractivity contribution in [2.75, 3.05) is 7.11 Å². The van der Waals surface area contributed by atoms with Crippen molar-refractivity contribution in [2.45, 2.75) is 79.8 Å². The van der Waals surface area contributed by atoms with Gasteiger partial charge in [0, 0.05) is 12.3 Å². The van der Waals surface area contributed by atoms with Gasteiger partial charge in [0.25, 0.3) is 0 Å². The molecule has 0 saturated heterocycles. The summed E-state index contributed by atoms with van der Waals surface area (Å²) < 4.78 is 9.60. The minimum absolute atomic E-state index is 0.0526. The number of nitrogens with two attached hydrogens (primary N) is 1. The molecular weight excluding hydrogens is 294 g/mol. The summed E-state index contributed by atoms with van der Waals surface area (Å²) in [7, 11) is 1.26. The van der Waals surface area contributed by atoms with Crippen LogP contribution in [0.25, 0.3) is 0 Å². The van der Waals surface area contributed by atoms with E-state index in [-0.39, 0.29) is 18.2 Å². The van der Waals surface area contributed by atoms with E-state index in [0.29, 0.717) is 0 Å². The Morgan fingerprint density at radius 3 is 2.13 bits per heavy atom. The summed E-state index contributed by atoms with van der Waals surface area (Å²) in [5.74, 6) is -0.425. The number of methoxy groups -OCH3 is 1. The predicted octanol–water partition coefficient (Wildman–Crippen LogP) is 4.84. The molecule has 23 heavy (non-hydrogen) atoms. The fourth-order valence-electron chi connectivity index (χ4n) is 1.99. The van der Waals surface area contributed by atoms with Gasteiger partial charge in [-0.2, -0.15) is 0 Å². The number of rotatable bonds is 3. The Labute approximate surface area is 142 Å². The Hall–Kier alpha value is -1.52. The van der Waals surface area contributed by atoms with Crippen LogP contribution in [0, 0.1) is 5.92 Å². The molecule has 1 amide bonds. The monoisotopic (exact) mass is 331 g/mol. The standard InChI is InChI=1S/C12H19NO4.3C2H6/c1-16-12(15)17-10-7-5-3-2-4-6-9(10)8-11(13)14;3*1-2/h5,7,9-10H,2-4,6,8H2,1H3,(H2,13,14);3*1-2H3/b7-5+;;;. The van der Waals surface area contributed by atoms with Gasteiger partial charge in [-0.05, 0) is 25.3 Å². The van der Waals surface area contributed by atoms with Gasteiger partial charge < -0.3 is 15.2 Å². The van der Waals surface area contributed by atoms with Crippen molar-refractivity contribution in [2.24, 2.45) is 11.7 Å². The number of primary amides is 1. The fourth-order valence-corrected chi connectivity index (χ4v) is 1.99. The summed E-state index contributed by atoms with van der Waals surface area (Å²) >= 11 is 0. The van der Waals surface area contributed by atoms with Gasteiger partial charge in [0.15, 0.2) is 0 Å². The molecule has 0 aliphatic heterocycles. The molecule has 2 N–H and O–H groups in total. The van der Waals surface area contributed by atoms with Gasteiger partial charge in [-0.25, -0.2) is 4.79 Å². The van der Waals surface area contributed by atoms with E-state index in [0.717, 1.165) is 25.7 Å². The van der Waals surface area contributed by atoms with Crippen LogP contribution in [0.3, 0.4) is 0 Å². The molecule has 0 bridgehead atoms. The first-order valence-corrected chi connectivity index (χ1v) is 8.83. The third kappa shape index (κ3) is 15.2. The third-order valence-corrected chi connectivity index (χ3v) is 2.85. The second kappa shape index (κ2) is 20.5. The van der Waals surface area contributed by atoms with Crippen molar-refractivity contribution < 1.29 is 19.1 Å². The van der Waals surface area contributed by atoms with Crippen LogP contribution in [0.1, 0.15) is 73.6 Å². The lowest BCUT2D eigenvalue weighted by atomic mass is 9.89. The van der Waals surface area contributed by atoms with E-state index in [1.807, 2.05) is 53.7 Å². The normalized spacial score (nSPS) is 20.3. The molecule has 0 aromatic rings. The van der Waals surface area contributed by atoms with Gasteiger partial charge >= 0.3 is 6.16 Å². The van der Waals surface area contributed by atoms with Crippen molar-refractivity contribution in [3.8, 4) is 0 Å². The maximum absolute atomic E-state index is 11.1. The molecule has 2 unspecified atom stereocenters. The number of hydrogen-bond donors (Lipinski definition) is 1. The molecule has 0 heterocycles. The topological polar surface area (TPSA) is 78.6 Å². The highest BCUT2D eigenvalue weighted by atomic mass is 16.7. The quantitative estimate of drug-likeness (QED) is 0.593. The zero-order valence-electron chi connectivity index (χ0n) is 16.1. The number of ether oxygens (including phenoxy) is 2. The predicted molar refractivity (Wildman–Crippen MR) is 96.2 cm³/mol. The minimum atomic E-state index is -0.727. The lowest BCUT2D eigenvalue weighted by Gasteiger charge is -2.24. The average Bonchev–Trinajstić information content (AvgIpc) is 2.58. The van der Waals surface area contributed by atoms with E-state index in [9.17, 15) is 9.59 Å². The SMILES string of the molecule is CC.CC.CC.COC(=O)OC1/C=C/CCCCC1CC(N)=O. The first-order valence-electron chi connectivity index (χ1n) is 8.83. The number of allylic oxidation sites excluding steroid dienone is 1. The molecule has 1 aliphatic carbocycles. The maximum atomic E-state index is 11.1. The molecule has 0 radical (unpaired) electrons. The molecule has 1 aliphatic rings. The van der Waals surface area contributed by atoms with Gasteiger partial charge in [0.2, 0.25) is 5.91 Å². The van der Waals surface area contributed by atoms with E-state index in [4.69, 9.17) is 10.5 Å². The van der Waals surface area contributed by atoms with Crippen molar-refractivity contribution in [1.29, 1.82) is 0 Å². The molecule has 138 valence electrons. The van der Waals surface area contributed by atoms with Gasteiger partial charge in [-0.1, -0.05) is 54.0 Å². The van der Waals surface area contributed by atoms with E-state index in [1.54, 1.807) is 0 Å². The molecule has 0 aromatic heterocycles. The average molecular weight is 331 g/mol. The van der Waals surface area contributed by atoms with Gasteiger partial charge in [0.05, 0.1) is 7.11 Å². The van der Waals surface area contributed by atoms with Crippen LogP contribution in [0.2, 0.25) is 0 Å². The number of amides is 1. The van der Waals surface area contributed by atoms with Crippen molar-refractivity contribution >= 4 is 12.1 Å². The summed E-state index contributed by atoms with van der Waals surface area (Å²) in [6.45, 7) is 12.0. The number of carbonyl (C=O) groups is 2. The van der Waals surface area contributed by atoms with Crippen LogP contribution in [0.5, 0.6) is 0 Å². The van der Waals surface area contributed by atoms with E-state index >= 15 is 0 Å². The summed E-state index contributed by atoms with van der Waals surface area (Å²) in [6.07, 6.45) is 6.75. The number of carbonyl (C=O) groups excluding carboxylic acids is 2. The zero-order chi connectivity index (χ0) is 18.7. The van der Waals surface area contributed by atoms with E-state index in [1.165, 1.54) is 7.11 Å².